The molecule has 1 aromatic heterocycles. The van der Waals surface area contributed by atoms with Gasteiger partial charge < -0.3 is 10.1 Å². The van der Waals surface area contributed by atoms with E-state index in [4.69, 9.17) is 4.74 Å². The molecule has 6 heteroatoms. The zero-order valence-corrected chi connectivity index (χ0v) is 13.2. The van der Waals surface area contributed by atoms with Gasteiger partial charge in [-0.2, -0.15) is 5.10 Å². The van der Waals surface area contributed by atoms with Gasteiger partial charge in [-0.25, -0.2) is 0 Å². The third-order valence-electron chi connectivity index (χ3n) is 4.56. The number of hydrogen-bond acceptors (Lipinski definition) is 4. The summed E-state index contributed by atoms with van der Waals surface area (Å²) in [6.07, 6.45) is 6.55. The fourth-order valence-electron chi connectivity index (χ4n) is 3.26. The number of carbonyl (C=O) groups excluding carboxylic acids is 1. The highest BCUT2D eigenvalue weighted by Crippen LogP contribution is 2.21. The maximum absolute atomic E-state index is 12.3. The number of aryl methyl sites for hydroxylation is 1. The molecule has 3 rings (SSSR count). The van der Waals surface area contributed by atoms with Crippen LogP contribution in [0.25, 0.3) is 0 Å². The monoisotopic (exact) mass is 306 g/mol. The lowest BCUT2D eigenvalue weighted by Gasteiger charge is -2.26. The van der Waals surface area contributed by atoms with Crippen LogP contribution in [0, 0.1) is 0 Å². The van der Waals surface area contributed by atoms with Gasteiger partial charge in [-0.1, -0.05) is 6.42 Å². The van der Waals surface area contributed by atoms with Crippen LogP contribution >= 0.6 is 0 Å². The minimum atomic E-state index is -0.0265. The highest BCUT2D eigenvalue weighted by molar-refractivity contribution is 5.93. The molecule has 2 aliphatic rings. The fraction of sp³-hybridized carbons (Fsp3) is 0.750. The summed E-state index contributed by atoms with van der Waals surface area (Å²) in [7, 11) is 0. The number of rotatable bonds is 5. The summed E-state index contributed by atoms with van der Waals surface area (Å²) in [5.41, 5.74) is 2.92. The van der Waals surface area contributed by atoms with E-state index in [0.29, 0.717) is 12.2 Å². The Kier molecular flexibility index (Phi) is 5.45. The zero-order chi connectivity index (χ0) is 15.2. The van der Waals surface area contributed by atoms with Crippen molar-refractivity contribution in [1.82, 2.24) is 20.4 Å². The van der Waals surface area contributed by atoms with E-state index in [1.54, 1.807) is 0 Å². The van der Waals surface area contributed by atoms with E-state index in [1.807, 2.05) is 0 Å². The quantitative estimate of drug-likeness (QED) is 0.632. The number of morpholine rings is 1. The fourth-order valence-corrected chi connectivity index (χ4v) is 3.26. The summed E-state index contributed by atoms with van der Waals surface area (Å²) in [6, 6.07) is 0. The molecule has 0 radical (unpaired) electrons. The summed E-state index contributed by atoms with van der Waals surface area (Å²) in [5.74, 6) is -0.0265. The van der Waals surface area contributed by atoms with Crippen molar-refractivity contribution in [2.45, 2.75) is 38.5 Å². The van der Waals surface area contributed by atoms with Gasteiger partial charge in [0.1, 0.15) is 0 Å². The van der Waals surface area contributed by atoms with Gasteiger partial charge in [0.25, 0.3) is 5.91 Å². The maximum Gasteiger partial charge on any atom is 0.272 e. The molecule has 1 saturated heterocycles. The highest BCUT2D eigenvalue weighted by Gasteiger charge is 2.20. The van der Waals surface area contributed by atoms with Crippen molar-refractivity contribution in [3.63, 3.8) is 0 Å². The summed E-state index contributed by atoms with van der Waals surface area (Å²) >= 11 is 0. The Balaban J connectivity index is 1.45. The second kappa shape index (κ2) is 7.74. The van der Waals surface area contributed by atoms with Gasteiger partial charge in [-0.05, 0) is 38.6 Å². The van der Waals surface area contributed by atoms with Crippen molar-refractivity contribution < 1.29 is 9.53 Å². The second-order valence-corrected chi connectivity index (χ2v) is 6.15. The number of hydrogen-bond donors (Lipinski definition) is 2. The molecule has 6 nitrogen and oxygen atoms in total. The molecule has 0 atom stereocenters. The van der Waals surface area contributed by atoms with Crippen molar-refractivity contribution in [2.24, 2.45) is 0 Å². The molecule has 0 aromatic carbocycles. The van der Waals surface area contributed by atoms with E-state index in [2.05, 4.69) is 20.4 Å². The lowest BCUT2D eigenvalue weighted by Crippen LogP contribution is -2.38. The number of ether oxygens (including phenoxy) is 1. The minimum Gasteiger partial charge on any atom is -0.379 e. The first kappa shape index (κ1) is 15.5. The molecule has 1 amide bonds. The number of fused-ring (bicyclic) bond motifs is 1. The summed E-state index contributed by atoms with van der Waals surface area (Å²) in [5, 5.41) is 10.3. The molecule has 1 aliphatic heterocycles. The van der Waals surface area contributed by atoms with Crippen molar-refractivity contribution in [3.8, 4) is 0 Å². The van der Waals surface area contributed by atoms with Gasteiger partial charge in [0.15, 0.2) is 5.69 Å². The molecule has 1 aliphatic carbocycles. The molecular weight excluding hydrogens is 280 g/mol. The molecule has 0 spiro atoms. The van der Waals surface area contributed by atoms with Crippen molar-refractivity contribution in [3.05, 3.63) is 17.0 Å². The van der Waals surface area contributed by atoms with Crippen molar-refractivity contribution in [2.75, 3.05) is 39.4 Å². The Bertz CT molecular complexity index is 494. The van der Waals surface area contributed by atoms with E-state index in [1.165, 1.54) is 12.8 Å². The molecule has 0 bridgehead atoms. The average molecular weight is 306 g/mol. The van der Waals surface area contributed by atoms with Gasteiger partial charge in [0.05, 0.1) is 13.2 Å². The lowest BCUT2D eigenvalue weighted by atomic mass is 10.1. The molecule has 1 aromatic rings. The Morgan fingerprint density at radius 3 is 2.91 bits per heavy atom. The third-order valence-corrected chi connectivity index (χ3v) is 4.56. The van der Waals surface area contributed by atoms with Crippen LogP contribution in [0.2, 0.25) is 0 Å². The lowest BCUT2D eigenvalue weighted by molar-refractivity contribution is 0.0374. The number of aromatic amines is 1. The smallest absolute Gasteiger partial charge is 0.272 e. The third kappa shape index (κ3) is 3.87. The first-order chi connectivity index (χ1) is 10.8. The Labute approximate surface area is 131 Å². The number of carbonyl (C=O) groups is 1. The molecule has 2 heterocycles. The van der Waals surface area contributed by atoms with E-state index in [-0.39, 0.29) is 5.91 Å². The SMILES string of the molecule is O=C(NCCCN1CCOCC1)c1n[nH]c2c1CCCCC2. The molecule has 22 heavy (non-hydrogen) atoms. The van der Waals surface area contributed by atoms with E-state index in [0.717, 1.165) is 69.8 Å². The van der Waals surface area contributed by atoms with E-state index < -0.39 is 0 Å². The zero-order valence-electron chi connectivity index (χ0n) is 13.2. The van der Waals surface area contributed by atoms with Crippen LogP contribution in [0.3, 0.4) is 0 Å². The molecule has 1 fully saturated rings. The van der Waals surface area contributed by atoms with Crippen molar-refractivity contribution >= 4 is 5.91 Å². The normalized spacial score (nSPS) is 19.5. The van der Waals surface area contributed by atoms with Crippen LogP contribution in [0.1, 0.15) is 47.4 Å². The molecule has 122 valence electrons. The molecule has 0 unspecified atom stereocenters. The summed E-state index contributed by atoms with van der Waals surface area (Å²) in [4.78, 5) is 14.7. The Hall–Kier alpha value is -1.40. The van der Waals surface area contributed by atoms with E-state index in [9.17, 15) is 4.79 Å². The van der Waals surface area contributed by atoms with Crippen LogP contribution in [0.15, 0.2) is 0 Å². The average Bonchev–Trinajstić information content (AvgIpc) is 2.81. The van der Waals surface area contributed by atoms with Crippen LogP contribution in [0.4, 0.5) is 0 Å². The van der Waals surface area contributed by atoms with Gasteiger partial charge in [0.2, 0.25) is 0 Å². The van der Waals surface area contributed by atoms with Crippen LogP contribution in [0.5, 0.6) is 0 Å². The number of amides is 1. The van der Waals surface area contributed by atoms with Crippen LogP contribution in [-0.2, 0) is 17.6 Å². The predicted molar refractivity (Wildman–Crippen MR) is 84.1 cm³/mol. The molecule has 2 N–H and O–H groups in total. The first-order valence-corrected chi connectivity index (χ1v) is 8.49. The van der Waals surface area contributed by atoms with Gasteiger partial charge in [0, 0.05) is 30.9 Å². The number of nitrogens with one attached hydrogen (secondary N) is 2. The largest absolute Gasteiger partial charge is 0.379 e. The summed E-state index contributed by atoms with van der Waals surface area (Å²) in [6.45, 7) is 5.37. The highest BCUT2D eigenvalue weighted by atomic mass is 16.5. The van der Waals surface area contributed by atoms with Gasteiger partial charge >= 0.3 is 0 Å². The second-order valence-electron chi connectivity index (χ2n) is 6.15. The first-order valence-electron chi connectivity index (χ1n) is 8.49. The van der Waals surface area contributed by atoms with E-state index >= 15 is 0 Å². The van der Waals surface area contributed by atoms with Gasteiger partial charge in [-0.15, -0.1) is 0 Å². The minimum absolute atomic E-state index is 0.0265. The van der Waals surface area contributed by atoms with Crippen LogP contribution < -0.4 is 5.32 Å². The number of nitrogens with zero attached hydrogens (tertiary/aromatic N) is 2. The number of H-pyrrole nitrogens is 1. The Morgan fingerprint density at radius 1 is 1.23 bits per heavy atom. The Morgan fingerprint density at radius 2 is 2.05 bits per heavy atom. The maximum atomic E-state index is 12.3. The van der Waals surface area contributed by atoms with Crippen LogP contribution in [-0.4, -0.2) is 60.4 Å². The van der Waals surface area contributed by atoms with Crippen molar-refractivity contribution in [1.29, 1.82) is 0 Å². The standard InChI is InChI=1S/C16H26N4O2/c21-16(17-7-4-8-20-9-11-22-12-10-20)15-13-5-2-1-3-6-14(13)18-19-15/h1-12H2,(H,17,21)(H,18,19). The number of aromatic nitrogens is 2. The topological polar surface area (TPSA) is 70.2 Å². The molecular formula is C16H26N4O2. The summed E-state index contributed by atoms with van der Waals surface area (Å²) < 4.78 is 5.33. The molecule has 0 saturated carbocycles. The van der Waals surface area contributed by atoms with Gasteiger partial charge in [-0.3, -0.25) is 14.8 Å². The predicted octanol–water partition coefficient (Wildman–Crippen LogP) is 1.13.